The highest BCUT2D eigenvalue weighted by molar-refractivity contribution is 6.22. The molecule has 7 rings (SSSR count). The summed E-state index contributed by atoms with van der Waals surface area (Å²) in [5.41, 5.74) is 2.21. The summed E-state index contributed by atoms with van der Waals surface area (Å²) < 4.78 is 5.71. The Kier molecular flexibility index (Phi) is 3.98. The van der Waals surface area contributed by atoms with Crippen molar-refractivity contribution in [2.75, 3.05) is 11.5 Å². The minimum Gasteiger partial charge on any atom is -0.485 e. The zero-order valence-corrected chi connectivity index (χ0v) is 17.2. The number of hydrogen-bond donors (Lipinski definition) is 0. The van der Waals surface area contributed by atoms with Crippen LogP contribution in [0.15, 0.2) is 60.7 Å². The number of nitrogens with zero attached hydrogens (tertiary/aromatic N) is 1. The van der Waals surface area contributed by atoms with Crippen LogP contribution in [0.2, 0.25) is 0 Å². The predicted molar refractivity (Wildman–Crippen MR) is 115 cm³/mol. The molecule has 5 aliphatic rings. The summed E-state index contributed by atoms with van der Waals surface area (Å²) in [5.74, 6) is 1.29. The molecule has 6 unspecified atom stereocenters. The molecule has 31 heavy (non-hydrogen) atoms. The van der Waals surface area contributed by atoms with Gasteiger partial charge in [0.15, 0.2) is 12.4 Å². The van der Waals surface area contributed by atoms with Crippen molar-refractivity contribution >= 4 is 23.3 Å². The lowest BCUT2D eigenvalue weighted by Crippen LogP contribution is -2.40. The standard InChI is InChI=1S/C26H23NO4/c1-14-5-7-15(8-6-14)22(28)13-31-17-4-2-3-16(11-17)27-25(29)23-18-9-10-19(21-12-20(18)21)24(23)26(27)30/h2-11,18-21,23-24H,12-13H2,1H3. The molecule has 5 nitrogen and oxygen atoms in total. The summed E-state index contributed by atoms with van der Waals surface area (Å²) in [5, 5.41) is 0. The number of allylic oxidation sites excluding steroid dienone is 2. The third-order valence-electron chi connectivity index (χ3n) is 7.48. The molecule has 2 amide bonds. The number of rotatable bonds is 5. The van der Waals surface area contributed by atoms with Gasteiger partial charge in [0.05, 0.1) is 17.5 Å². The maximum absolute atomic E-state index is 13.3. The van der Waals surface area contributed by atoms with E-state index in [9.17, 15) is 14.4 Å². The monoisotopic (exact) mass is 413 g/mol. The van der Waals surface area contributed by atoms with Crippen molar-refractivity contribution < 1.29 is 19.1 Å². The number of carbonyl (C=O) groups excluding carboxylic acids is 3. The van der Waals surface area contributed by atoms with E-state index >= 15 is 0 Å². The molecule has 4 aliphatic carbocycles. The lowest BCUT2D eigenvalue weighted by Gasteiger charge is -2.37. The number of imide groups is 1. The molecule has 0 aromatic heterocycles. The van der Waals surface area contributed by atoms with Crippen LogP contribution in [-0.4, -0.2) is 24.2 Å². The average Bonchev–Trinajstić information content (AvgIpc) is 3.56. The van der Waals surface area contributed by atoms with Gasteiger partial charge in [0, 0.05) is 11.6 Å². The fraction of sp³-hybridized carbons (Fsp3) is 0.346. The van der Waals surface area contributed by atoms with Crippen LogP contribution in [0.4, 0.5) is 5.69 Å². The van der Waals surface area contributed by atoms with Crippen LogP contribution in [0.3, 0.4) is 0 Å². The Morgan fingerprint density at radius 1 is 0.968 bits per heavy atom. The molecule has 2 bridgehead atoms. The van der Waals surface area contributed by atoms with Crippen LogP contribution >= 0.6 is 0 Å². The third kappa shape index (κ3) is 2.79. The maximum atomic E-state index is 13.3. The van der Waals surface area contributed by atoms with Crippen molar-refractivity contribution in [1.29, 1.82) is 0 Å². The maximum Gasteiger partial charge on any atom is 0.238 e. The topological polar surface area (TPSA) is 63.7 Å². The van der Waals surface area contributed by atoms with Gasteiger partial charge in [-0.05, 0) is 49.1 Å². The molecule has 3 fully saturated rings. The molecular formula is C26H23NO4. The Hall–Kier alpha value is -3.21. The van der Waals surface area contributed by atoms with Crippen molar-refractivity contribution in [3.8, 4) is 5.75 Å². The fourth-order valence-corrected chi connectivity index (χ4v) is 5.90. The zero-order valence-electron chi connectivity index (χ0n) is 17.2. The molecular weight excluding hydrogens is 390 g/mol. The quantitative estimate of drug-likeness (QED) is 0.425. The zero-order chi connectivity index (χ0) is 21.3. The first-order valence-electron chi connectivity index (χ1n) is 10.9. The van der Waals surface area contributed by atoms with Gasteiger partial charge in [-0.3, -0.25) is 14.4 Å². The van der Waals surface area contributed by atoms with Gasteiger partial charge in [-0.2, -0.15) is 0 Å². The van der Waals surface area contributed by atoms with Gasteiger partial charge in [0.2, 0.25) is 11.8 Å². The number of hydrogen-bond acceptors (Lipinski definition) is 4. The molecule has 2 saturated carbocycles. The van der Waals surface area contributed by atoms with Gasteiger partial charge in [0.1, 0.15) is 5.75 Å². The molecule has 1 heterocycles. The van der Waals surface area contributed by atoms with Crippen LogP contribution in [-0.2, 0) is 9.59 Å². The molecule has 156 valence electrons. The van der Waals surface area contributed by atoms with Crippen molar-refractivity contribution in [3.05, 3.63) is 71.8 Å². The smallest absolute Gasteiger partial charge is 0.238 e. The number of carbonyl (C=O) groups is 3. The summed E-state index contributed by atoms with van der Waals surface area (Å²) in [6.45, 7) is 1.87. The number of anilines is 1. The third-order valence-corrected chi connectivity index (χ3v) is 7.48. The number of Topliss-reactive ketones (excluding diaryl/α,β-unsaturated/α-hetero) is 1. The molecule has 1 saturated heterocycles. The van der Waals surface area contributed by atoms with E-state index in [0.29, 0.717) is 28.8 Å². The minimum absolute atomic E-state index is 0.0902. The number of aryl methyl sites for hydroxylation is 1. The lowest BCUT2D eigenvalue weighted by molar-refractivity contribution is -0.124. The van der Waals surface area contributed by atoms with Crippen LogP contribution < -0.4 is 9.64 Å². The van der Waals surface area contributed by atoms with Gasteiger partial charge in [-0.25, -0.2) is 4.90 Å². The van der Waals surface area contributed by atoms with Crippen molar-refractivity contribution in [1.82, 2.24) is 0 Å². The van der Waals surface area contributed by atoms with Gasteiger partial charge >= 0.3 is 0 Å². The largest absolute Gasteiger partial charge is 0.485 e. The SMILES string of the molecule is Cc1ccc(C(=O)COc2cccc(N3C(=O)C4C5C=CC(C6CC56)C4C3=O)c2)cc1. The highest BCUT2D eigenvalue weighted by Crippen LogP contribution is 2.65. The molecule has 0 spiro atoms. The summed E-state index contributed by atoms with van der Waals surface area (Å²) in [4.78, 5) is 40.3. The van der Waals surface area contributed by atoms with E-state index in [0.717, 1.165) is 12.0 Å². The second-order valence-corrected chi connectivity index (χ2v) is 9.24. The summed E-state index contributed by atoms with van der Waals surface area (Å²) in [6.07, 6.45) is 5.49. The van der Waals surface area contributed by atoms with Crippen molar-refractivity contribution in [2.24, 2.45) is 35.5 Å². The van der Waals surface area contributed by atoms with E-state index < -0.39 is 0 Å². The molecule has 0 N–H and O–H groups in total. The van der Waals surface area contributed by atoms with E-state index in [4.69, 9.17) is 4.74 Å². The molecule has 2 aromatic carbocycles. The average molecular weight is 413 g/mol. The number of amides is 2. The Morgan fingerprint density at radius 3 is 2.26 bits per heavy atom. The van der Waals surface area contributed by atoms with Gasteiger partial charge in [-0.1, -0.05) is 48.0 Å². The Bertz CT molecular complexity index is 1100. The highest BCUT2D eigenvalue weighted by Gasteiger charge is 2.67. The normalized spacial score (nSPS) is 32.1. The molecule has 6 atom stereocenters. The van der Waals surface area contributed by atoms with E-state index in [1.807, 2.05) is 19.1 Å². The molecule has 5 heteroatoms. The van der Waals surface area contributed by atoms with E-state index in [1.165, 1.54) is 4.90 Å². The number of ether oxygens (including phenoxy) is 1. The number of ketones is 1. The first-order chi connectivity index (χ1) is 15.0. The molecule has 1 aliphatic heterocycles. The number of benzene rings is 2. The molecule has 2 aromatic rings. The van der Waals surface area contributed by atoms with E-state index in [1.54, 1.807) is 36.4 Å². The summed E-state index contributed by atoms with van der Waals surface area (Å²) in [6, 6.07) is 14.3. The van der Waals surface area contributed by atoms with Crippen LogP contribution in [0.1, 0.15) is 22.3 Å². The van der Waals surface area contributed by atoms with Crippen molar-refractivity contribution in [2.45, 2.75) is 13.3 Å². The summed E-state index contributed by atoms with van der Waals surface area (Å²) >= 11 is 0. The second kappa shape index (κ2) is 6.64. The van der Waals surface area contributed by atoms with Gasteiger partial charge in [0.25, 0.3) is 0 Å². The molecule has 0 radical (unpaired) electrons. The van der Waals surface area contributed by atoms with E-state index in [2.05, 4.69) is 12.2 Å². The van der Waals surface area contributed by atoms with Crippen LogP contribution in [0.25, 0.3) is 0 Å². The summed E-state index contributed by atoms with van der Waals surface area (Å²) in [7, 11) is 0. The second-order valence-electron chi connectivity index (χ2n) is 9.24. The Balaban J connectivity index is 1.20. The van der Waals surface area contributed by atoms with Crippen LogP contribution in [0.5, 0.6) is 5.75 Å². The Labute approximate surface area is 180 Å². The first-order valence-corrected chi connectivity index (χ1v) is 10.9. The van der Waals surface area contributed by atoms with E-state index in [-0.39, 0.29) is 47.9 Å². The predicted octanol–water partition coefficient (Wildman–Crippen LogP) is 3.81. The van der Waals surface area contributed by atoms with Crippen LogP contribution in [0, 0.1) is 42.4 Å². The highest BCUT2D eigenvalue weighted by atomic mass is 16.5. The Morgan fingerprint density at radius 2 is 1.61 bits per heavy atom. The van der Waals surface area contributed by atoms with Crippen molar-refractivity contribution in [3.63, 3.8) is 0 Å². The van der Waals surface area contributed by atoms with Gasteiger partial charge < -0.3 is 4.74 Å². The lowest BCUT2D eigenvalue weighted by atomic mass is 9.63. The fourth-order valence-electron chi connectivity index (χ4n) is 5.90. The minimum atomic E-state index is -0.223. The van der Waals surface area contributed by atoms with Gasteiger partial charge in [-0.15, -0.1) is 0 Å². The first kappa shape index (κ1) is 18.6.